The average molecular weight is 1080 g/mol. The molecule has 0 aliphatic rings. The Morgan fingerprint density at radius 1 is 0.179 bits per heavy atom. The molecule has 0 saturated heterocycles. The van der Waals surface area contributed by atoms with Gasteiger partial charge in [-0.25, -0.2) is 0 Å². The molecule has 0 heterocycles. The van der Waals surface area contributed by atoms with Crippen LogP contribution in [0.2, 0.25) is 0 Å². The minimum atomic E-state index is -0.0722. The van der Waals surface area contributed by atoms with E-state index in [4.69, 9.17) is 0 Å². The minimum Gasteiger partial charge on any atom is -0.0616 e. The first-order chi connectivity index (χ1) is 39.8. The van der Waals surface area contributed by atoms with Gasteiger partial charge >= 0.3 is 0 Å². The fourth-order valence-corrected chi connectivity index (χ4v) is 16.1. The third kappa shape index (κ3) is 6.50. The third-order valence-corrected chi connectivity index (χ3v) is 20.4. The van der Waals surface area contributed by atoms with E-state index in [0.717, 1.165) is 0 Å². The molecule has 0 amide bonds. The van der Waals surface area contributed by atoms with E-state index in [9.17, 15) is 0 Å². The predicted molar refractivity (Wildman–Crippen MR) is 372 cm³/mol. The molecule has 84 heavy (non-hydrogen) atoms. The standard InChI is InChI=1S/C84H72/c1-80(2,3)47-34-44(35-48(40-47)81(4,5)6)68-76-59-24-18-20-43-21-19-25-60(66(43)59)77(76)69(45-36-49(82(7,8)9)41-50(37-45)83(10,11)12)79-63-33-30-57-55-28-31-61-72-58(27-26-54(70(55)72)56-29-32-62(78(68)79)73(63)71(56)57)64-39-46-38-51(84(13,14)15)42-65-52-22-16-17-23-53(52)75(67(46)65)74(61)64/h16-42H,1-15H3. The number of fused-ring (bicyclic) bond motifs is 15. The summed E-state index contributed by atoms with van der Waals surface area (Å²) in [5, 5.41) is 38.1. The number of hydrogen-bond acceptors (Lipinski definition) is 0. The molecule has 0 heteroatoms. The van der Waals surface area contributed by atoms with Gasteiger partial charge in [0.15, 0.2) is 0 Å². The summed E-state index contributed by atoms with van der Waals surface area (Å²) in [4.78, 5) is 0. The summed E-state index contributed by atoms with van der Waals surface area (Å²) in [6.07, 6.45) is 0. The van der Waals surface area contributed by atoms with Gasteiger partial charge in [0.05, 0.1) is 0 Å². The fourth-order valence-electron chi connectivity index (χ4n) is 16.1. The van der Waals surface area contributed by atoms with Crippen molar-refractivity contribution in [1.29, 1.82) is 0 Å². The van der Waals surface area contributed by atoms with E-state index < -0.39 is 0 Å². The summed E-state index contributed by atoms with van der Waals surface area (Å²) in [6, 6.07) is 66.2. The van der Waals surface area contributed by atoms with Crippen molar-refractivity contribution in [2.75, 3.05) is 0 Å². The Bertz CT molecular complexity index is 5420. The van der Waals surface area contributed by atoms with Crippen molar-refractivity contribution in [3.8, 4) is 22.3 Å². The van der Waals surface area contributed by atoms with Crippen LogP contribution in [0.15, 0.2) is 164 Å². The van der Waals surface area contributed by atoms with Gasteiger partial charge in [-0.2, -0.15) is 0 Å². The SMILES string of the molecule is CC(C)(C)c1cc(-c2c3c4cccc5cccc(c3c(-c3cc(C(C)(C)C)cc(C(C)(C)C)c3)c3c6ccc7c8ccc9c%10c(ccc(c%11ccc(c23)c6c%117)c8%10)c2cc3cc(C(C)(C)C)cc6c7ccccc7c(c36)c29)c54)cc(C(C)(C)C)c1. The normalized spacial score (nSPS) is 13.9. The predicted octanol–water partition coefficient (Wildman–Crippen LogP) is 24.8. The second-order valence-corrected chi connectivity index (χ2v) is 30.8. The first-order valence-electron chi connectivity index (χ1n) is 30.9. The van der Waals surface area contributed by atoms with Crippen molar-refractivity contribution in [1.82, 2.24) is 0 Å². The highest BCUT2D eigenvalue weighted by Gasteiger charge is 2.33. The van der Waals surface area contributed by atoms with Crippen LogP contribution in [0, 0.1) is 0 Å². The van der Waals surface area contributed by atoms with E-state index in [1.807, 2.05) is 0 Å². The molecule has 0 nitrogen and oxygen atoms in total. The molecule has 0 aliphatic carbocycles. The van der Waals surface area contributed by atoms with E-state index in [1.54, 1.807) is 0 Å². The van der Waals surface area contributed by atoms with Crippen LogP contribution in [0.25, 0.3) is 173 Å². The highest BCUT2D eigenvalue weighted by atomic mass is 14.4. The molecule has 408 valence electrons. The third-order valence-electron chi connectivity index (χ3n) is 20.4. The van der Waals surface area contributed by atoms with Gasteiger partial charge in [-0.3, -0.25) is 0 Å². The fraction of sp³-hybridized carbons (Fsp3) is 0.238. The number of benzene rings is 13. The van der Waals surface area contributed by atoms with Crippen molar-refractivity contribution in [2.45, 2.75) is 131 Å². The summed E-state index contributed by atoms with van der Waals surface area (Å²) in [6.45, 7) is 35.7. The van der Waals surface area contributed by atoms with Crippen molar-refractivity contribution < 1.29 is 0 Å². The molecule has 0 N–H and O–H groups in total. The molecule has 0 atom stereocenters. The lowest BCUT2D eigenvalue weighted by Gasteiger charge is -2.28. The first-order valence-corrected chi connectivity index (χ1v) is 30.9. The van der Waals surface area contributed by atoms with Crippen LogP contribution in [0.1, 0.15) is 132 Å². The molecule has 0 fully saturated rings. The Labute approximate surface area is 492 Å². The Morgan fingerprint density at radius 2 is 0.476 bits per heavy atom. The molecule has 17 aromatic rings. The molecule has 0 spiro atoms. The van der Waals surface area contributed by atoms with Crippen LogP contribution in [-0.2, 0) is 27.1 Å². The Balaban J connectivity index is 1.08. The quantitative estimate of drug-likeness (QED) is 0.120. The molecule has 0 unspecified atom stereocenters. The molecular weight excluding hydrogens is 1010 g/mol. The summed E-state index contributed by atoms with van der Waals surface area (Å²) in [5.74, 6) is 0. The number of rotatable bonds is 2. The first kappa shape index (κ1) is 50.2. The monoisotopic (exact) mass is 1080 g/mol. The van der Waals surface area contributed by atoms with Gasteiger partial charge < -0.3 is 0 Å². The summed E-state index contributed by atoms with van der Waals surface area (Å²) < 4.78 is 0. The van der Waals surface area contributed by atoms with Gasteiger partial charge in [0.25, 0.3) is 0 Å². The zero-order valence-electron chi connectivity index (χ0n) is 51.6. The lowest BCUT2D eigenvalue weighted by molar-refractivity contribution is 0.568. The van der Waals surface area contributed by atoms with Crippen LogP contribution in [-0.4, -0.2) is 0 Å². The molecule has 0 saturated carbocycles. The second kappa shape index (κ2) is 15.9. The largest absolute Gasteiger partial charge is 0.0616 e. The molecule has 0 aromatic heterocycles. The van der Waals surface area contributed by atoms with E-state index in [2.05, 4.69) is 268 Å². The van der Waals surface area contributed by atoms with Gasteiger partial charge in [-0.1, -0.05) is 256 Å². The Morgan fingerprint density at radius 3 is 0.905 bits per heavy atom. The topological polar surface area (TPSA) is 0 Å². The summed E-state index contributed by atoms with van der Waals surface area (Å²) in [7, 11) is 0. The lowest BCUT2D eigenvalue weighted by Crippen LogP contribution is -2.16. The smallest absolute Gasteiger partial charge is 0.000717 e. The van der Waals surface area contributed by atoms with Gasteiger partial charge in [-0.05, 0) is 240 Å². The number of hydrogen-bond donors (Lipinski definition) is 0. The van der Waals surface area contributed by atoms with Crippen molar-refractivity contribution in [3.05, 3.63) is 192 Å². The second-order valence-electron chi connectivity index (χ2n) is 30.8. The van der Waals surface area contributed by atoms with Crippen LogP contribution >= 0.6 is 0 Å². The maximum atomic E-state index is 2.57. The van der Waals surface area contributed by atoms with Gasteiger partial charge in [0.1, 0.15) is 0 Å². The van der Waals surface area contributed by atoms with Gasteiger partial charge in [-0.15, -0.1) is 0 Å². The zero-order valence-corrected chi connectivity index (χ0v) is 51.6. The van der Waals surface area contributed by atoms with Crippen LogP contribution in [0.5, 0.6) is 0 Å². The molecule has 0 radical (unpaired) electrons. The highest BCUT2D eigenvalue weighted by molar-refractivity contribution is 6.52. The Hall–Kier alpha value is -8.32. The zero-order chi connectivity index (χ0) is 58.0. The lowest BCUT2D eigenvalue weighted by atomic mass is 9.76. The maximum Gasteiger partial charge on any atom is -0.000717 e. The molecule has 0 bridgehead atoms. The highest BCUT2D eigenvalue weighted by Crippen LogP contribution is 2.59. The van der Waals surface area contributed by atoms with Gasteiger partial charge in [0.2, 0.25) is 0 Å². The molecule has 17 rings (SSSR count). The van der Waals surface area contributed by atoms with E-state index >= 15 is 0 Å². The van der Waals surface area contributed by atoms with Crippen molar-refractivity contribution in [3.63, 3.8) is 0 Å². The minimum absolute atomic E-state index is 0.0195. The molecule has 0 aliphatic heterocycles. The molecule has 17 aromatic carbocycles. The van der Waals surface area contributed by atoms with E-state index in [0.29, 0.717) is 0 Å². The van der Waals surface area contributed by atoms with E-state index in [-0.39, 0.29) is 27.1 Å². The van der Waals surface area contributed by atoms with E-state index in [1.165, 1.54) is 201 Å². The van der Waals surface area contributed by atoms with Crippen molar-refractivity contribution >= 4 is 151 Å². The maximum absolute atomic E-state index is 2.57. The van der Waals surface area contributed by atoms with Gasteiger partial charge in [0, 0.05) is 0 Å². The summed E-state index contributed by atoms with van der Waals surface area (Å²) >= 11 is 0. The molecular formula is C84H72. The Kier molecular flexibility index (Phi) is 9.51. The van der Waals surface area contributed by atoms with Crippen LogP contribution in [0.4, 0.5) is 0 Å². The van der Waals surface area contributed by atoms with Crippen molar-refractivity contribution in [2.24, 2.45) is 0 Å². The van der Waals surface area contributed by atoms with Crippen LogP contribution < -0.4 is 0 Å². The van der Waals surface area contributed by atoms with Crippen LogP contribution in [0.3, 0.4) is 0 Å². The summed E-state index contributed by atoms with van der Waals surface area (Å²) in [5.41, 5.74) is 11.9. The average Bonchev–Trinajstić information content (AvgIpc) is 1.63.